The van der Waals surface area contributed by atoms with Crippen molar-refractivity contribution in [3.63, 3.8) is 0 Å². The van der Waals surface area contributed by atoms with Gasteiger partial charge in [-0.15, -0.1) is 0 Å². The molecule has 0 fully saturated rings. The molecule has 6 heteroatoms. The first-order valence-corrected chi connectivity index (χ1v) is 12.5. The number of hydrogen-bond acceptors (Lipinski definition) is 3. The summed E-state index contributed by atoms with van der Waals surface area (Å²) in [5.41, 5.74) is 2.89. The van der Waals surface area contributed by atoms with Gasteiger partial charge in [-0.1, -0.05) is 56.3 Å². The molecule has 182 valence electrons. The van der Waals surface area contributed by atoms with Gasteiger partial charge in [-0.3, -0.25) is 9.59 Å². The van der Waals surface area contributed by atoms with Crippen LogP contribution in [0.4, 0.5) is 0 Å². The Morgan fingerprint density at radius 2 is 1.62 bits per heavy atom. The summed E-state index contributed by atoms with van der Waals surface area (Å²) in [6, 6.07) is 18.1. The number of fused-ring (bicyclic) bond motifs is 1. The maximum atomic E-state index is 13.4. The van der Waals surface area contributed by atoms with Crippen LogP contribution in [0, 0.1) is 0 Å². The second kappa shape index (κ2) is 12.4. The zero-order chi connectivity index (χ0) is 24.5. The number of carbonyl (C=O) groups is 2. The molecule has 0 radical (unpaired) electrons. The van der Waals surface area contributed by atoms with Crippen LogP contribution in [0.2, 0.25) is 0 Å². The highest BCUT2D eigenvalue weighted by Gasteiger charge is 2.25. The molecule has 0 spiro atoms. The highest BCUT2D eigenvalue weighted by molar-refractivity contribution is 5.81. The number of carbonyl (C=O) groups excluding carboxylic acids is 2. The molecule has 34 heavy (non-hydrogen) atoms. The summed E-state index contributed by atoms with van der Waals surface area (Å²) < 4.78 is 2.06. The van der Waals surface area contributed by atoms with Crippen LogP contribution in [0.3, 0.4) is 0 Å². The summed E-state index contributed by atoms with van der Waals surface area (Å²) in [7, 11) is 0. The average Bonchev–Trinajstić information content (AvgIpc) is 3.19. The van der Waals surface area contributed by atoms with Crippen molar-refractivity contribution in [2.75, 3.05) is 6.54 Å². The Hall–Kier alpha value is -3.15. The molecule has 3 rings (SSSR count). The Kier molecular flexibility index (Phi) is 9.25. The van der Waals surface area contributed by atoms with E-state index in [1.165, 1.54) is 0 Å². The van der Waals surface area contributed by atoms with Crippen LogP contribution < -0.4 is 5.32 Å². The number of imidazole rings is 1. The molecule has 0 saturated heterocycles. The van der Waals surface area contributed by atoms with E-state index in [1.807, 2.05) is 59.5 Å². The summed E-state index contributed by atoms with van der Waals surface area (Å²) in [6.07, 6.45) is 3.69. The van der Waals surface area contributed by atoms with E-state index in [2.05, 4.69) is 37.6 Å². The number of rotatable bonds is 12. The fraction of sp³-hybridized carbons (Fsp3) is 0.464. The molecule has 0 aliphatic heterocycles. The van der Waals surface area contributed by atoms with Gasteiger partial charge >= 0.3 is 0 Å². The van der Waals surface area contributed by atoms with Crippen LogP contribution in [0.1, 0.15) is 58.3 Å². The van der Waals surface area contributed by atoms with Gasteiger partial charge < -0.3 is 14.8 Å². The number of aryl methyl sites for hydroxylation is 1. The summed E-state index contributed by atoms with van der Waals surface area (Å²) >= 11 is 0. The lowest BCUT2D eigenvalue weighted by molar-refractivity contribution is -0.136. The predicted octanol–water partition coefficient (Wildman–Crippen LogP) is 4.75. The van der Waals surface area contributed by atoms with E-state index in [1.54, 1.807) is 0 Å². The number of nitrogens with one attached hydrogen (secondary N) is 1. The van der Waals surface area contributed by atoms with E-state index in [0.29, 0.717) is 19.4 Å². The standard InChI is InChI=1S/C28H38N4O2/c1-5-21(3)32(22(4)6-2)28(34)20-31-25-16-11-10-15-24(25)30-26(31)17-12-18-29-27(33)19-23-13-8-7-9-14-23/h7-11,13-16,21-22H,5-6,12,17-20H2,1-4H3,(H,29,33). The number of hydrogen-bond donors (Lipinski definition) is 1. The van der Waals surface area contributed by atoms with E-state index in [4.69, 9.17) is 4.98 Å². The highest BCUT2D eigenvalue weighted by Crippen LogP contribution is 2.19. The predicted molar refractivity (Wildman–Crippen MR) is 138 cm³/mol. The first-order chi connectivity index (χ1) is 16.4. The van der Waals surface area contributed by atoms with E-state index in [9.17, 15) is 9.59 Å². The summed E-state index contributed by atoms with van der Waals surface area (Å²) in [5.74, 6) is 1.04. The van der Waals surface area contributed by atoms with Crippen molar-refractivity contribution in [3.8, 4) is 0 Å². The molecular formula is C28H38N4O2. The molecule has 6 nitrogen and oxygen atoms in total. The number of benzene rings is 2. The van der Waals surface area contributed by atoms with Gasteiger partial charge in [0, 0.05) is 25.0 Å². The summed E-state index contributed by atoms with van der Waals surface area (Å²) in [4.78, 5) is 32.5. The monoisotopic (exact) mass is 462 g/mol. The van der Waals surface area contributed by atoms with Gasteiger partial charge in [0.2, 0.25) is 11.8 Å². The Balaban J connectivity index is 1.67. The van der Waals surface area contributed by atoms with Crippen LogP contribution in [0.25, 0.3) is 11.0 Å². The number of para-hydroxylation sites is 2. The molecule has 1 heterocycles. The van der Waals surface area contributed by atoms with Crippen LogP contribution in [0.5, 0.6) is 0 Å². The van der Waals surface area contributed by atoms with Gasteiger partial charge in [0.25, 0.3) is 0 Å². The van der Waals surface area contributed by atoms with Gasteiger partial charge in [-0.05, 0) is 50.8 Å². The first kappa shape index (κ1) is 25.5. The Bertz CT molecular complexity index is 1070. The number of nitrogens with zero attached hydrogens (tertiary/aromatic N) is 3. The summed E-state index contributed by atoms with van der Waals surface area (Å²) in [5, 5.41) is 3.01. The molecule has 0 aliphatic rings. The van der Waals surface area contributed by atoms with Crippen LogP contribution in [-0.4, -0.2) is 44.9 Å². The molecule has 0 bridgehead atoms. The molecule has 2 atom stereocenters. The average molecular weight is 463 g/mol. The maximum Gasteiger partial charge on any atom is 0.243 e. The normalized spacial score (nSPS) is 12.9. The van der Waals surface area contributed by atoms with E-state index in [0.717, 1.165) is 41.7 Å². The molecule has 1 N–H and O–H groups in total. The molecule has 2 unspecified atom stereocenters. The van der Waals surface area contributed by atoms with E-state index in [-0.39, 0.29) is 30.4 Å². The van der Waals surface area contributed by atoms with Gasteiger partial charge in [0.1, 0.15) is 12.4 Å². The molecule has 1 aromatic heterocycles. The second-order valence-corrected chi connectivity index (χ2v) is 9.03. The Morgan fingerprint density at radius 1 is 0.971 bits per heavy atom. The quantitative estimate of drug-likeness (QED) is 0.395. The molecule has 2 aromatic carbocycles. The SMILES string of the molecule is CCC(C)N(C(=O)Cn1c(CCCNC(=O)Cc2ccccc2)nc2ccccc21)C(C)CC. The van der Waals surface area contributed by atoms with Crippen molar-refractivity contribution in [2.45, 2.75) is 78.4 Å². The van der Waals surface area contributed by atoms with Crippen molar-refractivity contribution >= 4 is 22.8 Å². The van der Waals surface area contributed by atoms with Crippen molar-refractivity contribution in [1.82, 2.24) is 19.8 Å². The third-order valence-corrected chi connectivity index (χ3v) is 6.55. The van der Waals surface area contributed by atoms with E-state index >= 15 is 0 Å². The lowest BCUT2D eigenvalue weighted by Gasteiger charge is -2.34. The molecule has 0 aliphatic carbocycles. The van der Waals surface area contributed by atoms with Crippen molar-refractivity contribution in [1.29, 1.82) is 0 Å². The van der Waals surface area contributed by atoms with Crippen LogP contribution in [-0.2, 0) is 29.0 Å². The van der Waals surface area contributed by atoms with Gasteiger partial charge in [0.15, 0.2) is 0 Å². The number of aromatic nitrogens is 2. The lowest BCUT2D eigenvalue weighted by Crippen LogP contribution is -2.45. The van der Waals surface area contributed by atoms with E-state index < -0.39 is 0 Å². The molecule has 3 aromatic rings. The zero-order valence-corrected chi connectivity index (χ0v) is 21.0. The fourth-order valence-corrected chi connectivity index (χ4v) is 4.35. The molecule has 2 amide bonds. The van der Waals surface area contributed by atoms with Gasteiger partial charge in [0.05, 0.1) is 17.5 Å². The third-order valence-electron chi connectivity index (χ3n) is 6.55. The highest BCUT2D eigenvalue weighted by atomic mass is 16.2. The second-order valence-electron chi connectivity index (χ2n) is 9.03. The Morgan fingerprint density at radius 3 is 2.29 bits per heavy atom. The maximum absolute atomic E-state index is 13.4. The molecule has 0 saturated carbocycles. The largest absolute Gasteiger partial charge is 0.356 e. The third kappa shape index (κ3) is 6.46. The minimum absolute atomic E-state index is 0.0210. The van der Waals surface area contributed by atoms with Crippen molar-refractivity contribution < 1.29 is 9.59 Å². The Labute approximate surface area is 203 Å². The minimum Gasteiger partial charge on any atom is -0.356 e. The zero-order valence-electron chi connectivity index (χ0n) is 21.0. The number of amides is 2. The summed E-state index contributed by atoms with van der Waals surface area (Å²) in [6.45, 7) is 9.35. The minimum atomic E-state index is 0.0210. The van der Waals surface area contributed by atoms with Crippen LogP contribution >= 0.6 is 0 Å². The van der Waals surface area contributed by atoms with Crippen molar-refractivity contribution in [2.24, 2.45) is 0 Å². The van der Waals surface area contributed by atoms with Gasteiger partial charge in [-0.2, -0.15) is 0 Å². The first-order valence-electron chi connectivity index (χ1n) is 12.5. The van der Waals surface area contributed by atoms with Crippen LogP contribution in [0.15, 0.2) is 54.6 Å². The van der Waals surface area contributed by atoms with Crippen molar-refractivity contribution in [3.05, 3.63) is 66.0 Å². The molecular weight excluding hydrogens is 424 g/mol. The lowest BCUT2D eigenvalue weighted by atomic mass is 10.1. The topological polar surface area (TPSA) is 67.2 Å². The van der Waals surface area contributed by atoms with Gasteiger partial charge in [-0.25, -0.2) is 4.98 Å². The smallest absolute Gasteiger partial charge is 0.243 e. The fourth-order valence-electron chi connectivity index (χ4n) is 4.35.